The van der Waals surface area contributed by atoms with Crippen LogP contribution in [0.2, 0.25) is 0 Å². The van der Waals surface area contributed by atoms with E-state index in [9.17, 15) is 4.79 Å². The summed E-state index contributed by atoms with van der Waals surface area (Å²) >= 11 is 0. The van der Waals surface area contributed by atoms with E-state index in [1.54, 1.807) is 0 Å². The normalized spacial score (nSPS) is 20.4. The van der Waals surface area contributed by atoms with Crippen molar-refractivity contribution in [2.24, 2.45) is 23.7 Å². The Balaban J connectivity index is 0.000000277. The van der Waals surface area contributed by atoms with Crippen LogP contribution in [-0.2, 0) is 9.53 Å². The van der Waals surface area contributed by atoms with Crippen molar-refractivity contribution < 1.29 is 14.6 Å². The first-order valence-electron chi connectivity index (χ1n) is 11.5. The van der Waals surface area contributed by atoms with Crippen LogP contribution in [0.3, 0.4) is 0 Å². The molecular formula is C24H44O3. The molecule has 0 aromatic rings. The molecule has 0 amide bonds. The van der Waals surface area contributed by atoms with Gasteiger partial charge in [-0.25, -0.2) is 0 Å². The van der Waals surface area contributed by atoms with Gasteiger partial charge in [0.1, 0.15) is 0 Å². The van der Waals surface area contributed by atoms with Gasteiger partial charge in [-0.3, -0.25) is 4.79 Å². The first kappa shape index (κ1) is 24.2. The van der Waals surface area contributed by atoms with E-state index in [1.807, 2.05) is 6.92 Å². The Labute approximate surface area is 168 Å². The number of aliphatic hydroxyl groups excluding tert-OH is 1. The summed E-state index contributed by atoms with van der Waals surface area (Å²) in [5.74, 6) is 2.74. The summed E-state index contributed by atoms with van der Waals surface area (Å²) < 4.78 is 4.91. The van der Waals surface area contributed by atoms with Gasteiger partial charge in [-0.15, -0.1) is 0 Å². The first-order chi connectivity index (χ1) is 13.0. The van der Waals surface area contributed by atoms with Gasteiger partial charge in [0.15, 0.2) is 0 Å². The van der Waals surface area contributed by atoms with Gasteiger partial charge < -0.3 is 9.84 Å². The number of hydrogen-bond donors (Lipinski definition) is 1. The van der Waals surface area contributed by atoms with Gasteiger partial charge in [-0.2, -0.15) is 0 Å². The van der Waals surface area contributed by atoms with Gasteiger partial charge in [0.25, 0.3) is 0 Å². The molecule has 2 fully saturated rings. The Hall–Kier alpha value is -0.830. The Bertz CT molecular complexity index is 392. The second-order valence-electron chi connectivity index (χ2n) is 8.76. The lowest BCUT2D eigenvalue weighted by Gasteiger charge is -2.12. The van der Waals surface area contributed by atoms with Crippen molar-refractivity contribution in [2.45, 2.75) is 97.8 Å². The first-order valence-corrected chi connectivity index (χ1v) is 11.5. The number of ether oxygens (including phenoxy) is 1. The van der Waals surface area contributed by atoms with Crippen LogP contribution >= 0.6 is 0 Å². The molecule has 2 aliphatic carbocycles. The highest BCUT2D eigenvalue weighted by Crippen LogP contribution is 2.30. The number of aliphatic hydroxyl groups is 1. The van der Waals surface area contributed by atoms with Crippen molar-refractivity contribution in [2.75, 3.05) is 13.2 Å². The minimum atomic E-state index is -0.0823. The average Bonchev–Trinajstić information content (AvgIpc) is 3.33. The maximum atomic E-state index is 11.2. The Morgan fingerprint density at radius 2 is 1.70 bits per heavy atom. The van der Waals surface area contributed by atoms with Crippen LogP contribution in [-0.4, -0.2) is 24.3 Å². The third kappa shape index (κ3) is 12.3. The number of hydrogen-bond acceptors (Lipinski definition) is 3. The van der Waals surface area contributed by atoms with Gasteiger partial charge in [0, 0.05) is 6.61 Å². The predicted octanol–water partition coefficient (Wildman–Crippen LogP) is 6.30. The monoisotopic (exact) mass is 380 g/mol. The largest absolute Gasteiger partial charge is 0.466 e. The molecule has 2 rings (SSSR count). The molecule has 2 saturated carbocycles. The molecule has 0 aliphatic heterocycles. The molecule has 2 aliphatic rings. The van der Waals surface area contributed by atoms with Crippen LogP contribution < -0.4 is 0 Å². The SMILES string of the molecule is CC(CCO)CCC1CCCC1.CCOC(=O)CC(C)C=CC1CCCC1. The molecule has 3 heteroatoms. The Kier molecular flexibility index (Phi) is 13.6. The summed E-state index contributed by atoms with van der Waals surface area (Å²) in [5.41, 5.74) is 0. The van der Waals surface area contributed by atoms with Crippen LogP contribution in [0.25, 0.3) is 0 Å². The van der Waals surface area contributed by atoms with Gasteiger partial charge in [-0.05, 0) is 49.9 Å². The maximum Gasteiger partial charge on any atom is 0.306 e. The molecule has 0 saturated heterocycles. The molecule has 0 radical (unpaired) electrons. The quantitative estimate of drug-likeness (QED) is 0.357. The number of allylic oxidation sites excluding steroid dienone is 2. The Morgan fingerprint density at radius 1 is 1.07 bits per heavy atom. The topological polar surface area (TPSA) is 46.5 Å². The van der Waals surface area contributed by atoms with Crippen LogP contribution in [0.5, 0.6) is 0 Å². The zero-order valence-electron chi connectivity index (χ0n) is 18.1. The maximum absolute atomic E-state index is 11.2. The minimum absolute atomic E-state index is 0.0823. The van der Waals surface area contributed by atoms with E-state index in [1.165, 1.54) is 64.2 Å². The van der Waals surface area contributed by atoms with Gasteiger partial charge >= 0.3 is 5.97 Å². The molecule has 1 N–H and O–H groups in total. The second kappa shape index (κ2) is 15.1. The van der Waals surface area contributed by atoms with Crippen LogP contribution in [0.1, 0.15) is 97.8 Å². The van der Waals surface area contributed by atoms with E-state index >= 15 is 0 Å². The number of carbonyl (C=O) groups excluding carboxylic acids is 1. The molecule has 2 atom stereocenters. The number of esters is 1. The fourth-order valence-corrected chi connectivity index (χ4v) is 4.23. The summed E-state index contributed by atoms with van der Waals surface area (Å²) in [4.78, 5) is 11.2. The zero-order chi connectivity index (χ0) is 19.9. The fraction of sp³-hybridized carbons (Fsp3) is 0.875. The fourth-order valence-electron chi connectivity index (χ4n) is 4.23. The minimum Gasteiger partial charge on any atom is -0.466 e. The summed E-state index contributed by atoms with van der Waals surface area (Å²) in [6.45, 7) is 7.02. The summed E-state index contributed by atoms with van der Waals surface area (Å²) in [6.07, 6.45) is 19.9. The smallest absolute Gasteiger partial charge is 0.306 e. The molecule has 3 nitrogen and oxygen atoms in total. The molecule has 2 unspecified atom stereocenters. The highest BCUT2D eigenvalue weighted by atomic mass is 16.5. The second-order valence-corrected chi connectivity index (χ2v) is 8.76. The van der Waals surface area contributed by atoms with E-state index in [4.69, 9.17) is 9.84 Å². The van der Waals surface area contributed by atoms with E-state index in [2.05, 4.69) is 26.0 Å². The lowest BCUT2D eigenvalue weighted by molar-refractivity contribution is -0.143. The zero-order valence-corrected chi connectivity index (χ0v) is 18.1. The van der Waals surface area contributed by atoms with Crippen molar-refractivity contribution >= 4 is 5.97 Å². The molecule has 0 aromatic carbocycles. The van der Waals surface area contributed by atoms with E-state index in [0.29, 0.717) is 25.6 Å². The third-order valence-electron chi connectivity index (χ3n) is 6.07. The van der Waals surface area contributed by atoms with E-state index in [0.717, 1.165) is 24.2 Å². The lowest BCUT2D eigenvalue weighted by Crippen LogP contribution is -2.08. The van der Waals surface area contributed by atoms with Crippen LogP contribution in [0, 0.1) is 23.7 Å². The number of rotatable bonds is 10. The van der Waals surface area contributed by atoms with Gasteiger partial charge in [-0.1, -0.05) is 77.4 Å². The van der Waals surface area contributed by atoms with E-state index in [-0.39, 0.29) is 5.97 Å². The van der Waals surface area contributed by atoms with Crippen molar-refractivity contribution in [3.05, 3.63) is 12.2 Å². The standard InChI is InChI=1S/C13H22O2.C11H22O/c1-3-15-13(14)10-11(2)8-9-12-6-4-5-7-12;1-10(8-9-12)6-7-11-4-2-3-5-11/h8-9,11-12H,3-7,10H2,1-2H3;10-12H,2-9H2,1H3. The highest BCUT2D eigenvalue weighted by Gasteiger charge is 2.15. The molecule has 0 heterocycles. The summed E-state index contributed by atoms with van der Waals surface area (Å²) in [6, 6.07) is 0. The molecule has 27 heavy (non-hydrogen) atoms. The molecule has 158 valence electrons. The summed E-state index contributed by atoms with van der Waals surface area (Å²) in [7, 11) is 0. The molecular weight excluding hydrogens is 336 g/mol. The lowest BCUT2D eigenvalue weighted by atomic mass is 9.94. The predicted molar refractivity (Wildman–Crippen MR) is 114 cm³/mol. The summed E-state index contributed by atoms with van der Waals surface area (Å²) in [5, 5.41) is 8.73. The van der Waals surface area contributed by atoms with Gasteiger partial charge in [0.05, 0.1) is 13.0 Å². The molecule has 0 aromatic heterocycles. The van der Waals surface area contributed by atoms with Crippen LogP contribution in [0.15, 0.2) is 12.2 Å². The van der Waals surface area contributed by atoms with E-state index < -0.39 is 0 Å². The highest BCUT2D eigenvalue weighted by molar-refractivity contribution is 5.69. The third-order valence-corrected chi connectivity index (χ3v) is 6.07. The van der Waals surface area contributed by atoms with Crippen LogP contribution in [0.4, 0.5) is 0 Å². The Morgan fingerprint density at radius 3 is 2.30 bits per heavy atom. The van der Waals surface area contributed by atoms with Gasteiger partial charge in [0.2, 0.25) is 0 Å². The number of carbonyl (C=O) groups is 1. The molecule has 0 spiro atoms. The van der Waals surface area contributed by atoms with Crippen molar-refractivity contribution in [3.8, 4) is 0 Å². The van der Waals surface area contributed by atoms with Crippen molar-refractivity contribution in [3.63, 3.8) is 0 Å². The van der Waals surface area contributed by atoms with Crippen molar-refractivity contribution in [1.29, 1.82) is 0 Å². The van der Waals surface area contributed by atoms with Crippen molar-refractivity contribution in [1.82, 2.24) is 0 Å². The molecule has 0 bridgehead atoms. The average molecular weight is 381 g/mol.